The van der Waals surface area contributed by atoms with Crippen molar-refractivity contribution in [2.24, 2.45) is 5.92 Å². The summed E-state index contributed by atoms with van der Waals surface area (Å²) in [4.78, 5) is 5.13. The molecule has 2 unspecified atom stereocenters. The molecule has 3 heteroatoms. The molecular weight excluding hydrogens is 330 g/mol. The summed E-state index contributed by atoms with van der Waals surface area (Å²) in [5.74, 6) is 0.608. The van der Waals surface area contributed by atoms with Gasteiger partial charge in [0.05, 0.1) is 6.04 Å². The lowest BCUT2D eigenvalue weighted by molar-refractivity contribution is 0.224. The molecule has 0 aromatic rings. The van der Waals surface area contributed by atoms with Gasteiger partial charge in [0, 0.05) is 19.8 Å². The van der Waals surface area contributed by atoms with Gasteiger partial charge in [-0.05, 0) is 82.8 Å². The lowest BCUT2D eigenvalue weighted by atomic mass is 9.95. The van der Waals surface area contributed by atoms with E-state index in [9.17, 15) is 0 Å². The highest BCUT2D eigenvalue weighted by molar-refractivity contribution is 5.29. The monoisotopic (exact) mass is 375 g/mol. The first-order valence-electron chi connectivity index (χ1n) is 11.1. The normalized spacial score (nSPS) is 18.4. The van der Waals surface area contributed by atoms with E-state index in [4.69, 9.17) is 0 Å². The first kappa shape index (κ1) is 24.0. The Bertz CT molecular complexity index is 466. The Hall–Kier alpha value is -1.06. The van der Waals surface area contributed by atoms with Gasteiger partial charge in [0.1, 0.15) is 0 Å². The summed E-state index contributed by atoms with van der Waals surface area (Å²) in [6.07, 6.45) is 15.7. The molecule has 0 radical (unpaired) electrons. The van der Waals surface area contributed by atoms with Gasteiger partial charge in [-0.15, -0.1) is 6.58 Å². The van der Waals surface area contributed by atoms with Crippen molar-refractivity contribution < 1.29 is 0 Å². The van der Waals surface area contributed by atoms with Crippen LogP contribution in [-0.2, 0) is 0 Å². The Morgan fingerprint density at radius 1 is 1.22 bits per heavy atom. The summed E-state index contributed by atoms with van der Waals surface area (Å²) in [6.45, 7) is 15.5. The van der Waals surface area contributed by atoms with Crippen LogP contribution in [0.4, 0.5) is 0 Å². The van der Waals surface area contributed by atoms with Crippen molar-refractivity contribution in [1.29, 1.82) is 0 Å². The highest BCUT2D eigenvalue weighted by Gasteiger charge is 2.21. The zero-order chi connectivity index (χ0) is 20.1. The fourth-order valence-electron chi connectivity index (χ4n) is 3.96. The minimum Gasteiger partial charge on any atom is -0.373 e. The van der Waals surface area contributed by atoms with E-state index in [0.29, 0.717) is 12.0 Å². The van der Waals surface area contributed by atoms with Crippen LogP contribution in [0, 0.1) is 5.92 Å². The van der Waals surface area contributed by atoms with Crippen LogP contribution in [0.2, 0.25) is 0 Å². The molecule has 1 N–H and O–H groups in total. The number of likely N-dealkylation sites (N-methyl/N-ethyl adjacent to an activating group) is 1. The van der Waals surface area contributed by atoms with E-state index in [-0.39, 0.29) is 0 Å². The van der Waals surface area contributed by atoms with Gasteiger partial charge in [-0.3, -0.25) is 0 Å². The molecule has 156 valence electrons. The number of allylic oxidation sites excluding steroid dienone is 3. The third-order valence-corrected chi connectivity index (χ3v) is 5.82. The zero-order valence-electron chi connectivity index (χ0n) is 18.8. The van der Waals surface area contributed by atoms with E-state index in [1.54, 1.807) is 5.57 Å². The number of rotatable bonds is 15. The molecule has 3 nitrogen and oxygen atoms in total. The minimum absolute atomic E-state index is 0.564. The topological polar surface area (TPSA) is 18.5 Å². The molecule has 0 aromatic carbocycles. The molecular formula is C24H45N3. The second-order valence-corrected chi connectivity index (χ2v) is 8.28. The van der Waals surface area contributed by atoms with Crippen LogP contribution in [0.25, 0.3) is 0 Å². The van der Waals surface area contributed by atoms with Gasteiger partial charge < -0.3 is 15.1 Å². The molecule has 0 amide bonds. The van der Waals surface area contributed by atoms with Gasteiger partial charge in [0.2, 0.25) is 0 Å². The maximum Gasteiger partial charge on any atom is 0.0508 e. The zero-order valence-corrected chi connectivity index (χ0v) is 18.8. The highest BCUT2D eigenvalue weighted by Crippen LogP contribution is 2.24. The first-order valence-corrected chi connectivity index (χ1v) is 11.1. The lowest BCUT2D eigenvalue weighted by Crippen LogP contribution is -2.37. The van der Waals surface area contributed by atoms with Crippen molar-refractivity contribution in [1.82, 2.24) is 15.1 Å². The Morgan fingerprint density at radius 3 is 2.63 bits per heavy atom. The fourth-order valence-corrected chi connectivity index (χ4v) is 3.96. The summed E-state index contributed by atoms with van der Waals surface area (Å²) in [6, 6.07) is 0.564. The van der Waals surface area contributed by atoms with Crippen LogP contribution in [0.3, 0.4) is 0 Å². The number of unbranched alkanes of at least 4 members (excludes halogenated alkanes) is 3. The second-order valence-electron chi connectivity index (χ2n) is 8.28. The smallest absolute Gasteiger partial charge is 0.0508 e. The average molecular weight is 376 g/mol. The maximum atomic E-state index is 3.95. The van der Waals surface area contributed by atoms with E-state index in [2.05, 4.69) is 67.9 Å². The number of hydrogen-bond acceptors (Lipinski definition) is 3. The second kappa shape index (κ2) is 14.0. The molecule has 0 bridgehead atoms. The minimum atomic E-state index is 0.564. The van der Waals surface area contributed by atoms with E-state index in [0.717, 1.165) is 13.0 Å². The van der Waals surface area contributed by atoms with Gasteiger partial charge in [-0.25, -0.2) is 0 Å². The van der Waals surface area contributed by atoms with Crippen LogP contribution in [-0.4, -0.2) is 56.1 Å². The van der Waals surface area contributed by atoms with Crippen molar-refractivity contribution in [3.63, 3.8) is 0 Å². The van der Waals surface area contributed by atoms with Crippen molar-refractivity contribution in [3.8, 4) is 0 Å². The largest absolute Gasteiger partial charge is 0.373 e. The molecule has 1 heterocycles. The molecule has 27 heavy (non-hydrogen) atoms. The van der Waals surface area contributed by atoms with Crippen molar-refractivity contribution in [2.75, 3.05) is 40.3 Å². The lowest BCUT2D eigenvalue weighted by Gasteiger charge is -2.35. The number of nitrogens with zero attached hydrogens (tertiary/aromatic N) is 2. The molecule has 1 rings (SSSR count). The third kappa shape index (κ3) is 9.62. The first-order chi connectivity index (χ1) is 13.0. The fraction of sp³-hybridized carbons (Fsp3) is 0.750. The molecule has 1 aliphatic heterocycles. The Labute approximate surface area is 169 Å². The van der Waals surface area contributed by atoms with E-state index < -0.39 is 0 Å². The van der Waals surface area contributed by atoms with E-state index in [1.165, 1.54) is 63.7 Å². The van der Waals surface area contributed by atoms with E-state index in [1.807, 2.05) is 7.05 Å². The summed E-state index contributed by atoms with van der Waals surface area (Å²) < 4.78 is 0. The summed E-state index contributed by atoms with van der Waals surface area (Å²) in [7, 11) is 4.28. The molecule has 0 fully saturated rings. The maximum absolute atomic E-state index is 3.95. The van der Waals surface area contributed by atoms with Crippen molar-refractivity contribution in [3.05, 3.63) is 36.1 Å². The Kier molecular flexibility index (Phi) is 12.4. The van der Waals surface area contributed by atoms with E-state index >= 15 is 0 Å². The van der Waals surface area contributed by atoms with Crippen LogP contribution >= 0.6 is 0 Å². The Morgan fingerprint density at radius 2 is 1.96 bits per heavy atom. The molecule has 2 atom stereocenters. The van der Waals surface area contributed by atoms with Crippen LogP contribution in [0.5, 0.6) is 0 Å². The number of hydrogen-bond donors (Lipinski definition) is 1. The average Bonchev–Trinajstić information content (AvgIpc) is 2.66. The van der Waals surface area contributed by atoms with Crippen molar-refractivity contribution in [2.45, 2.75) is 71.8 Å². The third-order valence-electron chi connectivity index (χ3n) is 5.82. The van der Waals surface area contributed by atoms with Gasteiger partial charge >= 0.3 is 0 Å². The molecule has 1 aliphatic rings. The molecule has 0 saturated heterocycles. The Balaban J connectivity index is 2.51. The highest BCUT2D eigenvalue weighted by atomic mass is 15.1. The van der Waals surface area contributed by atoms with Crippen molar-refractivity contribution >= 4 is 0 Å². The quantitative estimate of drug-likeness (QED) is 0.312. The van der Waals surface area contributed by atoms with Crippen LogP contribution in [0.15, 0.2) is 36.1 Å². The summed E-state index contributed by atoms with van der Waals surface area (Å²) in [5, 5.41) is 3.25. The predicted octanol–water partition coefficient (Wildman–Crippen LogP) is 5.22. The van der Waals surface area contributed by atoms with Crippen LogP contribution in [0.1, 0.15) is 65.7 Å². The molecule has 0 saturated carbocycles. The molecule has 0 aromatic heterocycles. The molecule has 0 spiro atoms. The van der Waals surface area contributed by atoms with Gasteiger partial charge in [0.15, 0.2) is 0 Å². The molecule has 0 aliphatic carbocycles. The van der Waals surface area contributed by atoms with Gasteiger partial charge in [0.25, 0.3) is 0 Å². The van der Waals surface area contributed by atoms with Gasteiger partial charge in [-0.1, -0.05) is 38.8 Å². The summed E-state index contributed by atoms with van der Waals surface area (Å²) >= 11 is 0. The van der Waals surface area contributed by atoms with Crippen LogP contribution < -0.4 is 5.32 Å². The predicted molar refractivity (Wildman–Crippen MR) is 121 cm³/mol. The van der Waals surface area contributed by atoms with Gasteiger partial charge in [-0.2, -0.15) is 0 Å². The SMILES string of the molecule is C=CC(C)CCN(CCCCCCNC)CCC1C(CC)=CC(C)=CN1C. The number of nitrogens with one attached hydrogen (secondary N) is 1. The summed E-state index contributed by atoms with van der Waals surface area (Å²) in [5.41, 5.74) is 2.97. The standard InChI is InChI=1S/C24H45N3/c1-7-21(3)13-17-27(16-12-10-9-11-15-25-5)18-14-24-23(8-2)19-22(4)20-26(24)6/h7,19-21,24-25H,1,8-18H2,2-6H3.